The van der Waals surface area contributed by atoms with E-state index in [1.165, 1.54) is 0 Å². The third-order valence-electron chi connectivity index (χ3n) is 2.76. The molecular weight excluding hydrogens is 216 g/mol. The van der Waals surface area contributed by atoms with Crippen LogP contribution in [0.5, 0.6) is 5.75 Å². The molecule has 4 nitrogen and oxygen atoms in total. The van der Waals surface area contributed by atoms with Gasteiger partial charge in [0.1, 0.15) is 5.75 Å². The van der Waals surface area contributed by atoms with E-state index >= 15 is 0 Å². The number of ether oxygens (including phenoxy) is 1. The lowest BCUT2D eigenvalue weighted by Gasteiger charge is -2.12. The van der Waals surface area contributed by atoms with Gasteiger partial charge in [0, 0.05) is 13.6 Å². The van der Waals surface area contributed by atoms with Crippen molar-refractivity contribution in [3.63, 3.8) is 0 Å². The number of rotatable bonds is 3. The summed E-state index contributed by atoms with van der Waals surface area (Å²) in [5.41, 5.74) is 1.11. The van der Waals surface area contributed by atoms with Crippen molar-refractivity contribution in [2.75, 3.05) is 13.6 Å². The lowest BCUT2D eigenvalue weighted by Crippen LogP contribution is -2.23. The van der Waals surface area contributed by atoms with E-state index in [1.54, 1.807) is 11.9 Å². The molecule has 0 saturated carbocycles. The Balaban J connectivity index is 2.06. The second-order valence-electron chi connectivity index (χ2n) is 4.62. The number of carbonyl (C=O) groups excluding carboxylic acids is 1. The van der Waals surface area contributed by atoms with E-state index in [9.17, 15) is 4.79 Å². The van der Waals surface area contributed by atoms with Crippen molar-refractivity contribution in [1.29, 1.82) is 0 Å². The van der Waals surface area contributed by atoms with E-state index in [0.29, 0.717) is 6.54 Å². The zero-order chi connectivity index (χ0) is 12.4. The van der Waals surface area contributed by atoms with Gasteiger partial charge in [0.05, 0.1) is 12.1 Å². The highest BCUT2D eigenvalue weighted by molar-refractivity contribution is 5.76. The van der Waals surface area contributed by atoms with Gasteiger partial charge in [0.2, 0.25) is 0 Å². The minimum absolute atomic E-state index is 0.0162. The Morgan fingerprint density at radius 2 is 2.00 bits per heavy atom. The maximum absolute atomic E-state index is 11.4. The summed E-state index contributed by atoms with van der Waals surface area (Å²) < 4.78 is 5.58. The number of hydrogen-bond acceptors (Lipinski definition) is 2. The third-order valence-corrected chi connectivity index (χ3v) is 2.76. The number of nitrogens with one attached hydrogen (secondary N) is 1. The van der Waals surface area contributed by atoms with Crippen LogP contribution in [0.4, 0.5) is 4.79 Å². The second-order valence-corrected chi connectivity index (χ2v) is 4.62. The molecule has 2 amide bonds. The fraction of sp³-hybridized carbons (Fsp3) is 0.462. The molecule has 92 valence electrons. The minimum Gasteiger partial charge on any atom is -0.491 e. The van der Waals surface area contributed by atoms with Crippen LogP contribution in [0.1, 0.15) is 25.5 Å². The van der Waals surface area contributed by atoms with Crippen LogP contribution in [-0.4, -0.2) is 30.6 Å². The molecule has 0 spiro atoms. The number of nitrogens with zero attached hydrogens (tertiary/aromatic N) is 1. The van der Waals surface area contributed by atoms with Crippen molar-refractivity contribution in [1.82, 2.24) is 10.2 Å². The molecular formula is C13H18N2O2. The van der Waals surface area contributed by atoms with Gasteiger partial charge in [-0.2, -0.15) is 0 Å². The highest BCUT2D eigenvalue weighted by atomic mass is 16.5. The molecule has 1 fully saturated rings. The largest absolute Gasteiger partial charge is 0.491 e. The van der Waals surface area contributed by atoms with E-state index in [1.807, 2.05) is 38.1 Å². The monoisotopic (exact) mass is 234 g/mol. The number of carbonyl (C=O) groups is 1. The number of likely N-dealkylation sites (N-methyl/N-ethyl adjacent to an activating group) is 1. The predicted octanol–water partition coefficient (Wildman–Crippen LogP) is 2.17. The summed E-state index contributed by atoms with van der Waals surface area (Å²) in [6, 6.07) is 7.96. The lowest BCUT2D eigenvalue weighted by molar-refractivity contribution is 0.226. The minimum atomic E-state index is -0.0162. The Labute approximate surface area is 102 Å². The van der Waals surface area contributed by atoms with Crippen molar-refractivity contribution in [3.8, 4) is 5.75 Å². The molecule has 0 radical (unpaired) electrons. The summed E-state index contributed by atoms with van der Waals surface area (Å²) in [6.07, 6.45) is 0.179. The van der Waals surface area contributed by atoms with Crippen LogP contribution in [0.3, 0.4) is 0 Å². The average molecular weight is 234 g/mol. The topological polar surface area (TPSA) is 41.6 Å². The first-order valence-corrected chi connectivity index (χ1v) is 5.84. The van der Waals surface area contributed by atoms with Crippen molar-refractivity contribution in [2.24, 2.45) is 0 Å². The van der Waals surface area contributed by atoms with Crippen LogP contribution in [0.15, 0.2) is 24.3 Å². The summed E-state index contributed by atoms with van der Waals surface area (Å²) in [5.74, 6) is 0.862. The quantitative estimate of drug-likeness (QED) is 0.870. The fourth-order valence-electron chi connectivity index (χ4n) is 1.90. The predicted molar refractivity (Wildman–Crippen MR) is 66.1 cm³/mol. The van der Waals surface area contributed by atoms with Gasteiger partial charge in [-0.05, 0) is 31.5 Å². The average Bonchev–Trinajstić information content (AvgIpc) is 2.59. The molecule has 1 saturated heterocycles. The molecule has 1 atom stereocenters. The fourth-order valence-corrected chi connectivity index (χ4v) is 1.90. The highest BCUT2D eigenvalue weighted by Gasteiger charge is 2.26. The molecule has 17 heavy (non-hydrogen) atoms. The molecule has 1 aromatic carbocycles. The van der Waals surface area contributed by atoms with Crippen molar-refractivity contribution in [2.45, 2.75) is 26.0 Å². The van der Waals surface area contributed by atoms with Crippen LogP contribution in [0.2, 0.25) is 0 Å². The van der Waals surface area contributed by atoms with Gasteiger partial charge in [-0.3, -0.25) is 0 Å². The molecule has 1 aliphatic rings. The van der Waals surface area contributed by atoms with Crippen LogP contribution in [-0.2, 0) is 0 Å². The van der Waals surface area contributed by atoms with Crippen molar-refractivity contribution >= 4 is 6.03 Å². The van der Waals surface area contributed by atoms with Gasteiger partial charge in [-0.1, -0.05) is 12.1 Å². The molecule has 0 aliphatic carbocycles. The zero-order valence-electron chi connectivity index (χ0n) is 10.4. The van der Waals surface area contributed by atoms with E-state index in [0.717, 1.165) is 11.3 Å². The van der Waals surface area contributed by atoms with Gasteiger partial charge in [0.15, 0.2) is 0 Å². The summed E-state index contributed by atoms with van der Waals surface area (Å²) in [7, 11) is 1.80. The molecule has 1 aliphatic heterocycles. The van der Waals surface area contributed by atoms with Gasteiger partial charge in [-0.25, -0.2) is 4.79 Å². The molecule has 0 aromatic heterocycles. The molecule has 1 aromatic rings. The normalized spacial score (nSPS) is 19.6. The van der Waals surface area contributed by atoms with Gasteiger partial charge in [0.25, 0.3) is 0 Å². The molecule has 4 heteroatoms. The highest BCUT2D eigenvalue weighted by Crippen LogP contribution is 2.22. The Bertz CT molecular complexity index is 400. The Morgan fingerprint density at radius 3 is 2.47 bits per heavy atom. The smallest absolute Gasteiger partial charge is 0.317 e. The molecule has 1 N–H and O–H groups in total. The molecule has 1 heterocycles. The van der Waals surface area contributed by atoms with E-state index in [-0.39, 0.29) is 18.2 Å². The van der Waals surface area contributed by atoms with Crippen LogP contribution in [0, 0.1) is 0 Å². The van der Waals surface area contributed by atoms with E-state index < -0.39 is 0 Å². The van der Waals surface area contributed by atoms with Gasteiger partial charge >= 0.3 is 6.03 Å². The molecule has 2 rings (SSSR count). The summed E-state index contributed by atoms with van der Waals surface area (Å²) in [5, 5.41) is 2.93. The van der Waals surface area contributed by atoms with Crippen LogP contribution < -0.4 is 10.1 Å². The number of benzene rings is 1. The lowest BCUT2D eigenvalue weighted by atomic mass is 10.1. The zero-order valence-corrected chi connectivity index (χ0v) is 10.4. The molecule has 0 bridgehead atoms. The second kappa shape index (κ2) is 4.65. The van der Waals surface area contributed by atoms with Crippen LogP contribution >= 0.6 is 0 Å². The van der Waals surface area contributed by atoms with Crippen molar-refractivity contribution in [3.05, 3.63) is 29.8 Å². The summed E-state index contributed by atoms with van der Waals surface area (Å²) in [6.45, 7) is 4.71. The maximum Gasteiger partial charge on any atom is 0.317 e. The van der Waals surface area contributed by atoms with Gasteiger partial charge < -0.3 is 15.0 Å². The van der Waals surface area contributed by atoms with E-state index in [4.69, 9.17) is 4.74 Å². The molecule has 1 unspecified atom stereocenters. The van der Waals surface area contributed by atoms with Gasteiger partial charge in [-0.15, -0.1) is 0 Å². The third kappa shape index (κ3) is 2.70. The number of urea groups is 1. The van der Waals surface area contributed by atoms with E-state index in [2.05, 4.69) is 5.32 Å². The number of amides is 2. The first kappa shape index (κ1) is 11.8. The standard InChI is InChI=1S/C13H18N2O2/c1-9(2)17-11-6-4-10(5-7-11)12-8-15(3)13(16)14-12/h4-7,9,12H,8H2,1-3H3,(H,14,16). The SMILES string of the molecule is CC(C)Oc1ccc(C2CN(C)C(=O)N2)cc1. The summed E-state index contributed by atoms with van der Waals surface area (Å²) >= 11 is 0. The van der Waals surface area contributed by atoms with Crippen LogP contribution in [0.25, 0.3) is 0 Å². The summed E-state index contributed by atoms with van der Waals surface area (Å²) in [4.78, 5) is 13.0. The first-order valence-electron chi connectivity index (χ1n) is 5.84. The Morgan fingerprint density at radius 1 is 1.35 bits per heavy atom. The number of hydrogen-bond donors (Lipinski definition) is 1. The van der Waals surface area contributed by atoms with Crippen molar-refractivity contribution < 1.29 is 9.53 Å². The Kier molecular flexibility index (Phi) is 3.22. The Hall–Kier alpha value is -1.71. The first-order chi connectivity index (χ1) is 8.06. The maximum atomic E-state index is 11.4.